The Morgan fingerprint density at radius 2 is 1.50 bits per heavy atom. The van der Waals surface area contributed by atoms with Crippen molar-refractivity contribution in [2.24, 2.45) is 0 Å². The van der Waals surface area contributed by atoms with Crippen molar-refractivity contribution in [3.63, 3.8) is 0 Å². The monoisotopic (exact) mass is 369 g/mol. The molecule has 0 atom stereocenters. The quantitative estimate of drug-likeness (QED) is 0.607. The average molecular weight is 370 g/mol. The van der Waals surface area contributed by atoms with Gasteiger partial charge in [0.15, 0.2) is 0 Å². The Balaban J connectivity index is 0.00000243. The highest BCUT2D eigenvalue weighted by Gasteiger charge is 2.02. The Morgan fingerprint density at radius 1 is 0.769 bits per heavy atom. The lowest BCUT2D eigenvalue weighted by atomic mass is 10.2. The standard InChI is InChI=1S/C22H23NO2.ClH/c1-24-22-13-6-5-11-20(22)16-23-15-19-10-7-12-21(14-19)25-17-18-8-3-2-4-9-18;/h2-14,23H,15-17H2,1H3;1H. The van der Waals surface area contributed by atoms with Crippen molar-refractivity contribution in [2.75, 3.05) is 7.11 Å². The molecule has 0 amide bonds. The zero-order chi connectivity index (χ0) is 17.3. The lowest BCUT2D eigenvalue weighted by Crippen LogP contribution is -2.13. The highest BCUT2D eigenvalue weighted by atomic mass is 35.5. The molecule has 3 aromatic rings. The fourth-order valence-corrected chi connectivity index (χ4v) is 2.68. The van der Waals surface area contributed by atoms with Crippen LogP contribution in [0.4, 0.5) is 0 Å². The number of methoxy groups -OCH3 is 1. The first-order chi connectivity index (χ1) is 12.3. The van der Waals surface area contributed by atoms with E-state index in [2.05, 4.69) is 35.6 Å². The highest BCUT2D eigenvalue weighted by Crippen LogP contribution is 2.18. The van der Waals surface area contributed by atoms with Gasteiger partial charge in [0.1, 0.15) is 18.1 Å². The summed E-state index contributed by atoms with van der Waals surface area (Å²) in [6, 6.07) is 26.5. The number of benzene rings is 3. The second kappa shape index (κ2) is 10.5. The third-order valence-electron chi connectivity index (χ3n) is 3.98. The summed E-state index contributed by atoms with van der Waals surface area (Å²) in [6.07, 6.45) is 0. The van der Waals surface area contributed by atoms with Crippen LogP contribution in [0.15, 0.2) is 78.9 Å². The number of hydrogen-bond acceptors (Lipinski definition) is 3. The van der Waals surface area contributed by atoms with E-state index in [0.29, 0.717) is 6.61 Å². The first-order valence-corrected chi connectivity index (χ1v) is 8.43. The molecule has 3 aromatic carbocycles. The van der Waals surface area contributed by atoms with Crippen LogP contribution in [0.2, 0.25) is 0 Å². The molecule has 4 heteroatoms. The molecular formula is C22H24ClNO2. The van der Waals surface area contributed by atoms with E-state index in [-0.39, 0.29) is 12.4 Å². The summed E-state index contributed by atoms with van der Waals surface area (Å²) < 4.78 is 11.3. The molecule has 0 aliphatic heterocycles. The van der Waals surface area contributed by atoms with Crippen molar-refractivity contribution in [1.29, 1.82) is 0 Å². The maximum atomic E-state index is 5.89. The summed E-state index contributed by atoms with van der Waals surface area (Å²) in [5.74, 6) is 1.80. The van der Waals surface area contributed by atoms with Crippen molar-refractivity contribution in [3.8, 4) is 11.5 Å². The van der Waals surface area contributed by atoms with Gasteiger partial charge in [0.25, 0.3) is 0 Å². The van der Waals surface area contributed by atoms with E-state index in [4.69, 9.17) is 9.47 Å². The first-order valence-electron chi connectivity index (χ1n) is 8.43. The molecule has 0 unspecified atom stereocenters. The summed E-state index contributed by atoms with van der Waals surface area (Å²) in [5, 5.41) is 3.46. The van der Waals surface area contributed by atoms with Crippen LogP contribution in [0.5, 0.6) is 11.5 Å². The van der Waals surface area contributed by atoms with Crippen LogP contribution in [0.25, 0.3) is 0 Å². The predicted octanol–water partition coefficient (Wildman–Crippen LogP) is 4.99. The Labute approximate surface area is 161 Å². The van der Waals surface area contributed by atoms with Gasteiger partial charge in [-0.25, -0.2) is 0 Å². The van der Waals surface area contributed by atoms with Gasteiger partial charge in [-0.3, -0.25) is 0 Å². The van der Waals surface area contributed by atoms with E-state index < -0.39 is 0 Å². The summed E-state index contributed by atoms with van der Waals surface area (Å²) >= 11 is 0. The van der Waals surface area contributed by atoms with Crippen LogP contribution in [-0.2, 0) is 19.7 Å². The summed E-state index contributed by atoms with van der Waals surface area (Å²) in [6.45, 7) is 2.12. The fraction of sp³-hybridized carbons (Fsp3) is 0.182. The number of hydrogen-bond donors (Lipinski definition) is 1. The molecule has 0 saturated heterocycles. The van der Waals surface area contributed by atoms with Gasteiger partial charge in [0.05, 0.1) is 7.11 Å². The molecule has 0 saturated carbocycles. The Hall–Kier alpha value is -2.49. The summed E-state index contributed by atoms with van der Waals surface area (Å²) in [7, 11) is 1.70. The molecule has 3 rings (SSSR count). The maximum absolute atomic E-state index is 5.89. The molecule has 3 nitrogen and oxygen atoms in total. The molecule has 0 spiro atoms. The van der Waals surface area contributed by atoms with Gasteiger partial charge < -0.3 is 14.8 Å². The van der Waals surface area contributed by atoms with Crippen molar-refractivity contribution in [2.45, 2.75) is 19.7 Å². The molecule has 0 heterocycles. The number of rotatable bonds is 8. The molecule has 0 fully saturated rings. The Morgan fingerprint density at radius 3 is 2.31 bits per heavy atom. The number of nitrogens with one attached hydrogen (secondary N) is 1. The van der Waals surface area contributed by atoms with Crippen LogP contribution >= 0.6 is 12.4 Å². The van der Waals surface area contributed by atoms with Crippen LogP contribution in [0.1, 0.15) is 16.7 Å². The molecule has 26 heavy (non-hydrogen) atoms. The molecule has 0 aliphatic rings. The predicted molar refractivity (Wildman–Crippen MR) is 108 cm³/mol. The van der Waals surface area contributed by atoms with Crippen molar-refractivity contribution in [3.05, 3.63) is 95.6 Å². The number of para-hydroxylation sites is 1. The Kier molecular flexibility index (Phi) is 8.00. The molecule has 1 N–H and O–H groups in total. The van der Waals surface area contributed by atoms with Crippen LogP contribution in [0, 0.1) is 0 Å². The Bertz CT molecular complexity index is 793. The lowest BCUT2D eigenvalue weighted by molar-refractivity contribution is 0.306. The minimum Gasteiger partial charge on any atom is -0.496 e. The van der Waals surface area contributed by atoms with Gasteiger partial charge in [0, 0.05) is 18.7 Å². The van der Waals surface area contributed by atoms with Gasteiger partial charge in [-0.05, 0) is 29.3 Å². The SMILES string of the molecule is COc1ccccc1CNCc1cccc(OCc2ccccc2)c1.Cl. The van der Waals surface area contributed by atoms with E-state index in [1.807, 2.05) is 48.5 Å². The van der Waals surface area contributed by atoms with Crippen molar-refractivity contribution < 1.29 is 9.47 Å². The zero-order valence-electron chi connectivity index (χ0n) is 14.9. The van der Waals surface area contributed by atoms with Crippen molar-refractivity contribution >= 4 is 12.4 Å². The first kappa shape index (κ1) is 19.8. The topological polar surface area (TPSA) is 30.5 Å². The van der Waals surface area contributed by atoms with Gasteiger partial charge in [-0.2, -0.15) is 0 Å². The van der Waals surface area contributed by atoms with E-state index in [1.165, 1.54) is 11.1 Å². The molecule has 0 aliphatic carbocycles. The van der Waals surface area contributed by atoms with E-state index in [1.54, 1.807) is 7.11 Å². The molecule has 136 valence electrons. The van der Waals surface area contributed by atoms with Crippen LogP contribution in [0.3, 0.4) is 0 Å². The van der Waals surface area contributed by atoms with E-state index in [9.17, 15) is 0 Å². The maximum Gasteiger partial charge on any atom is 0.123 e. The normalized spacial score (nSPS) is 10.0. The highest BCUT2D eigenvalue weighted by molar-refractivity contribution is 5.85. The van der Waals surface area contributed by atoms with Crippen molar-refractivity contribution in [1.82, 2.24) is 5.32 Å². The van der Waals surface area contributed by atoms with E-state index >= 15 is 0 Å². The minimum atomic E-state index is 0. The number of halogens is 1. The third-order valence-corrected chi connectivity index (χ3v) is 3.98. The second-order valence-corrected chi connectivity index (χ2v) is 5.84. The smallest absolute Gasteiger partial charge is 0.123 e. The summed E-state index contributed by atoms with van der Waals surface area (Å²) in [5.41, 5.74) is 3.52. The molecule has 0 radical (unpaired) electrons. The van der Waals surface area contributed by atoms with Gasteiger partial charge >= 0.3 is 0 Å². The lowest BCUT2D eigenvalue weighted by Gasteiger charge is -2.11. The molecular weight excluding hydrogens is 346 g/mol. The van der Waals surface area contributed by atoms with Gasteiger partial charge in [0.2, 0.25) is 0 Å². The second-order valence-electron chi connectivity index (χ2n) is 5.84. The largest absolute Gasteiger partial charge is 0.496 e. The molecule has 0 aromatic heterocycles. The fourth-order valence-electron chi connectivity index (χ4n) is 2.68. The average Bonchev–Trinajstić information content (AvgIpc) is 2.68. The minimum absolute atomic E-state index is 0. The van der Waals surface area contributed by atoms with E-state index in [0.717, 1.165) is 30.2 Å². The van der Waals surface area contributed by atoms with Gasteiger partial charge in [-0.1, -0.05) is 60.7 Å². The zero-order valence-corrected chi connectivity index (χ0v) is 15.7. The van der Waals surface area contributed by atoms with Gasteiger partial charge in [-0.15, -0.1) is 12.4 Å². The number of ether oxygens (including phenoxy) is 2. The third kappa shape index (κ3) is 5.80. The molecule has 0 bridgehead atoms. The summed E-state index contributed by atoms with van der Waals surface area (Å²) in [4.78, 5) is 0. The van der Waals surface area contributed by atoms with Crippen LogP contribution < -0.4 is 14.8 Å². The van der Waals surface area contributed by atoms with Crippen LogP contribution in [-0.4, -0.2) is 7.11 Å².